The van der Waals surface area contributed by atoms with Gasteiger partial charge in [0.25, 0.3) is 5.91 Å². The lowest BCUT2D eigenvalue weighted by molar-refractivity contribution is 0.0913. The zero-order valence-corrected chi connectivity index (χ0v) is 15.1. The fourth-order valence-electron chi connectivity index (χ4n) is 2.92. The standard InChI is InChI=1S/C19H31N3O/c1-12(2)15(5)21-18-8-6-7-16(14(18)4)19(23)22-17-9-10-20-11-13(17)3/h6-8,12-13,15,17,20-21H,9-11H2,1-5H3,(H,22,23). The van der Waals surface area contributed by atoms with Crippen LogP contribution in [-0.2, 0) is 0 Å². The van der Waals surface area contributed by atoms with Gasteiger partial charge in [-0.05, 0) is 62.9 Å². The Bertz CT molecular complexity index is 541. The molecular formula is C19H31N3O. The van der Waals surface area contributed by atoms with Crippen molar-refractivity contribution in [1.29, 1.82) is 0 Å². The van der Waals surface area contributed by atoms with Gasteiger partial charge in [0.2, 0.25) is 0 Å². The molecule has 0 aromatic heterocycles. The summed E-state index contributed by atoms with van der Waals surface area (Å²) in [5, 5.41) is 10.1. The second kappa shape index (κ2) is 7.82. The largest absolute Gasteiger partial charge is 0.382 e. The maximum absolute atomic E-state index is 12.7. The van der Waals surface area contributed by atoms with E-state index in [1.54, 1.807) is 0 Å². The lowest BCUT2D eigenvalue weighted by atomic mass is 9.94. The van der Waals surface area contributed by atoms with Crippen molar-refractivity contribution in [3.63, 3.8) is 0 Å². The van der Waals surface area contributed by atoms with Crippen molar-refractivity contribution in [3.8, 4) is 0 Å². The third-order valence-electron chi connectivity index (χ3n) is 5.06. The average molecular weight is 317 g/mol. The van der Waals surface area contributed by atoms with Gasteiger partial charge in [-0.2, -0.15) is 0 Å². The highest BCUT2D eigenvalue weighted by Gasteiger charge is 2.24. The van der Waals surface area contributed by atoms with Crippen LogP contribution in [0, 0.1) is 18.8 Å². The summed E-state index contributed by atoms with van der Waals surface area (Å²) in [4.78, 5) is 12.7. The minimum absolute atomic E-state index is 0.0436. The molecule has 3 N–H and O–H groups in total. The van der Waals surface area contributed by atoms with E-state index in [1.165, 1.54) is 0 Å². The fourth-order valence-corrected chi connectivity index (χ4v) is 2.92. The van der Waals surface area contributed by atoms with Crippen molar-refractivity contribution < 1.29 is 4.79 Å². The molecule has 1 aromatic carbocycles. The molecule has 0 radical (unpaired) electrons. The van der Waals surface area contributed by atoms with Crippen molar-refractivity contribution >= 4 is 11.6 Å². The second-order valence-electron chi connectivity index (χ2n) is 7.21. The molecular weight excluding hydrogens is 286 g/mol. The number of nitrogens with one attached hydrogen (secondary N) is 3. The molecule has 4 nitrogen and oxygen atoms in total. The van der Waals surface area contributed by atoms with Gasteiger partial charge in [-0.3, -0.25) is 4.79 Å². The molecule has 2 rings (SSSR count). The van der Waals surface area contributed by atoms with Crippen LogP contribution in [0.15, 0.2) is 18.2 Å². The highest BCUT2D eigenvalue weighted by Crippen LogP contribution is 2.22. The summed E-state index contributed by atoms with van der Waals surface area (Å²) in [5.74, 6) is 1.06. The number of hydrogen-bond donors (Lipinski definition) is 3. The van der Waals surface area contributed by atoms with Gasteiger partial charge in [0.1, 0.15) is 0 Å². The van der Waals surface area contributed by atoms with Gasteiger partial charge in [-0.1, -0.05) is 26.8 Å². The molecule has 0 bridgehead atoms. The molecule has 1 fully saturated rings. The summed E-state index contributed by atoms with van der Waals surface area (Å²) < 4.78 is 0. The molecule has 1 amide bonds. The van der Waals surface area contributed by atoms with E-state index in [4.69, 9.17) is 0 Å². The Balaban J connectivity index is 2.11. The van der Waals surface area contributed by atoms with Gasteiger partial charge >= 0.3 is 0 Å². The normalized spacial score (nSPS) is 22.7. The van der Waals surface area contributed by atoms with E-state index in [0.29, 0.717) is 17.9 Å². The van der Waals surface area contributed by atoms with Crippen LogP contribution in [0.5, 0.6) is 0 Å². The van der Waals surface area contributed by atoms with E-state index in [-0.39, 0.29) is 11.9 Å². The van der Waals surface area contributed by atoms with E-state index in [9.17, 15) is 4.79 Å². The van der Waals surface area contributed by atoms with E-state index < -0.39 is 0 Å². The Morgan fingerprint density at radius 3 is 2.70 bits per heavy atom. The average Bonchev–Trinajstić information content (AvgIpc) is 2.51. The number of carbonyl (C=O) groups is 1. The number of hydrogen-bond acceptors (Lipinski definition) is 3. The molecule has 0 spiro atoms. The van der Waals surface area contributed by atoms with E-state index in [0.717, 1.165) is 36.3 Å². The number of benzene rings is 1. The first-order chi connectivity index (χ1) is 10.9. The van der Waals surface area contributed by atoms with Crippen molar-refractivity contribution in [1.82, 2.24) is 10.6 Å². The van der Waals surface area contributed by atoms with E-state index >= 15 is 0 Å². The molecule has 0 aliphatic carbocycles. The van der Waals surface area contributed by atoms with Crippen molar-refractivity contribution in [2.45, 2.75) is 53.1 Å². The first-order valence-electron chi connectivity index (χ1n) is 8.78. The minimum Gasteiger partial charge on any atom is -0.382 e. The highest BCUT2D eigenvalue weighted by molar-refractivity contribution is 5.97. The van der Waals surface area contributed by atoms with Crippen LogP contribution in [0.4, 0.5) is 5.69 Å². The highest BCUT2D eigenvalue weighted by atomic mass is 16.1. The maximum atomic E-state index is 12.7. The van der Waals surface area contributed by atoms with Gasteiger partial charge in [0.15, 0.2) is 0 Å². The van der Waals surface area contributed by atoms with Crippen molar-refractivity contribution in [2.24, 2.45) is 11.8 Å². The van der Waals surface area contributed by atoms with Crippen LogP contribution in [0.1, 0.15) is 50.0 Å². The Labute approximate surface area is 140 Å². The van der Waals surface area contributed by atoms with Gasteiger partial charge in [0.05, 0.1) is 0 Å². The molecule has 4 heteroatoms. The van der Waals surface area contributed by atoms with E-state index in [1.807, 2.05) is 19.1 Å². The fraction of sp³-hybridized carbons (Fsp3) is 0.632. The predicted octanol–water partition coefficient (Wildman–Crippen LogP) is 3.18. The number of piperidine rings is 1. The summed E-state index contributed by atoms with van der Waals surface area (Å²) in [6.45, 7) is 12.7. The second-order valence-corrected chi connectivity index (χ2v) is 7.21. The molecule has 3 unspecified atom stereocenters. The lowest BCUT2D eigenvalue weighted by Gasteiger charge is -2.30. The molecule has 23 heavy (non-hydrogen) atoms. The molecule has 1 saturated heterocycles. The molecule has 1 heterocycles. The van der Waals surface area contributed by atoms with Gasteiger partial charge in [-0.15, -0.1) is 0 Å². The summed E-state index contributed by atoms with van der Waals surface area (Å²) in [6.07, 6.45) is 0.994. The first-order valence-corrected chi connectivity index (χ1v) is 8.78. The Hall–Kier alpha value is -1.55. The van der Waals surface area contributed by atoms with Crippen LogP contribution in [-0.4, -0.2) is 31.1 Å². The molecule has 1 aromatic rings. The molecule has 128 valence electrons. The zero-order valence-electron chi connectivity index (χ0n) is 15.1. The van der Waals surface area contributed by atoms with Gasteiger partial charge in [-0.25, -0.2) is 0 Å². The smallest absolute Gasteiger partial charge is 0.251 e. The molecule has 0 saturated carbocycles. The Morgan fingerprint density at radius 1 is 1.30 bits per heavy atom. The van der Waals surface area contributed by atoms with Crippen LogP contribution in [0.25, 0.3) is 0 Å². The Kier molecular flexibility index (Phi) is 6.05. The topological polar surface area (TPSA) is 53.2 Å². The van der Waals surface area contributed by atoms with Crippen LogP contribution < -0.4 is 16.0 Å². The number of amides is 1. The number of anilines is 1. The zero-order chi connectivity index (χ0) is 17.0. The minimum atomic E-state index is 0.0436. The SMILES string of the molecule is Cc1c(NC(C)C(C)C)cccc1C(=O)NC1CCNCC1C. The first kappa shape index (κ1) is 17.8. The predicted molar refractivity (Wildman–Crippen MR) is 97.0 cm³/mol. The maximum Gasteiger partial charge on any atom is 0.251 e. The summed E-state index contributed by atoms with van der Waals surface area (Å²) in [5.41, 5.74) is 2.85. The quantitative estimate of drug-likeness (QED) is 0.782. The van der Waals surface area contributed by atoms with Crippen LogP contribution >= 0.6 is 0 Å². The lowest BCUT2D eigenvalue weighted by Crippen LogP contribution is -2.48. The molecule has 1 aliphatic heterocycles. The van der Waals surface area contributed by atoms with Gasteiger partial charge < -0.3 is 16.0 Å². The molecule has 1 aliphatic rings. The Morgan fingerprint density at radius 2 is 2.04 bits per heavy atom. The monoisotopic (exact) mass is 317 g/mol. The summed E-state index contributed by atoms with van der Waals surface area (Å²) in [7, 11) is 0. The van der Waals surface area contributed by atoms with Crippen LogP contribution in [0.2, 0.25) is 0 Å². The van der Waals surface area contributed by atoms with Crippen molar-refractivity contribution in [2.75, 3.05) is 18.4 Å². The summed E-state index contributed by atoms with van der Waals surface area (Å²) in [6, 6.07) is 6.56. The number of carbonyl (C=O) groups excluding carboxylic acids is 1. The van der Waals surface area contributed by atoms with Gasteiger partial charge in [0, 0.05) is 23.3 Å². The summed E-state index contributed by atoms with van der Waals surface area (Å²) >= 11 is 0. The van der Waals surface area contributed by atoms with Crippen LogP contribution in [0.3, 0.4) is 0 Å². The third kappa shape index (κ3) is 4.47. The number of rotatable bonds is 5. The third-order valence-corrected chi connectivity index (χ3v) is 5.06. The van der Waals surface area contributed by atoms with Crippen molar-refractivity contribution in [3.05, 3.63) is 29.3 Å². The molecule has 3 atom stereocenters. The van der Waals surface area contributed by atoms with E-state index in [2.05, 4.69) is 49.7 Å².